The van der Waals surface area contributed by atoms with Crippen LogP contribution in [0.4, 0.5) is 5.95 Å². The lowest BCUT2D eigenvalue weighted by atomic mass is 10.0. The number of aromatic nitrogens is 2. The van der Waals surface area contributed by atoms with Crippen molar-refractivity contribution in [3.05, 3.63) is 12.4 Å². The van der Waals surface area contributed by atoms with Crippen molar-refractivity contribution in [2.45, 2.75) is 38.8 Å². The third kappa shape index (κ3) is 2.00. The van der Waals surface area contributed by atoms with Gasteiger partial charge in [-0.15, -0.1) is 0 Å². The van der Waals surface area contributed by atoms with E-state index in [4.69, 9.17) is 5.73 Å². The van der Waals surface area contributed by atoms with Gasteiger partial charge in [-0.1, -0.05) is 0 Å². The molecule has 84 valence electrons. The van der Waals surface area contributed by atoms with E-state index in [-0.39, 0.29) is 0 Å². The Bertz CT molecular complexity index is 307. The van der Waals surface area contributed by atoms with Crippen molar-refractivity contribution in [3.8, 4) is 0 Å². The summed E-state index contributed by atoms with van der Waals surface area (Å²) in [4.78, 5) is 6.81. The zero-order chi connectivity index (χ0) is 10.7. The lowest BCUT2D eigenvalue weighted by molar-refractivity contribution is 0.452. The first-order valence-electron chi connectivity index (χ1n) is 5.84. The van der Waals surface area contributed by atoms with Crippen LogP contribution in [0.3, 0.4) is 0 Å². The van der Waals surface area contributed by atoms with Crippen LogP contribution in [-0.4, -0.2) is 28.7 Å². The largest absolute Gasteiger partial charge is 0.338 e. The number of nitrogens with zero attached hydrogens (tertiary/aromatic N) is 3. The maximum Gasteiger partial charge on any atom is 0.205 e. The molecule has 1 aliphatic heterocycles. The normalized spacial score (nSPS) is 22.0. The predicted molar refractivity (Wildman–Crippen MR) is 61.9 cm³/mol. The molecule has 0 aliphatic carbocycles. The summed E-state index contributed by atoms with van der Waals surface area (Å²) in [6.45, 7) is 4.95. The first-order chi connectivity index (χ1) is 7.36. The Hall–Kier alpha value is -1.03. The fraction of sp³-hybridized carbons (Fsp3) is 0.727. The standard InChI is InChI=1S/C11H20N4/c1-2-14-8-6-13-11(14)15-7-4-3-5-10(15)9-12/h6,8,10H,2-5,7,9,12H2,1H3. The van der Waals surface area contributed by atoms with Crippen LogP contribution >= 0.6 is 0 Å². The van der Waals surface area contributed by atoms with Gasteiger partial charge in [0.25, 0.3) is 0 Å². The van der Waals surface area contributed by atoms with E-state index in [2.05, 4.69) is 21.4 Å². The molecule has 4 heteroatoms. The Morgan fingerprint density at radius 1 is 1.53 bits per heavy atom. The Kier molecular flexibility index (Phi) is 3.26. The fourth-order valence-electron chi connectivity index (χ4n) is 2.32. The molecule has 1 aromatic heterocycles. The summed E-state index contributed by atoms with van der Waals surface area (Å²) in [5, 5.41) is 0. The van der Waals surface area contributed by atoms with Gasteiger partial charge in [0.15, 0.2) is 0 Å². The van der Waals surface area contributed by atoms with E-state index >= 15 is 0 Å². The number of rotatable bonds is 3. The van der Waals surface area contributed by atoms with Crippen molar-refractivity contribution in [1.82, 2.24) is 9.55 Å². The van der Waals surface area contributed by atoms with Crippen LogP contribution in [0, 0.1) is 0 Å². The van der Waals surface area contributed by atoms with Gasteiger partial charge in [-0.3, -0.25) is 0 Å². The summed E-state index contributed by atoms with van der Waals surface area (Å²) in [5.74, 6) is 1.09. The molecule has 1 saturated heterocycles. The van der Waals surface area contributed by atoms with E-state index in [1.54, 1.807) is 0 Å². The first-order valence-corrected chi connectivity index (χ1v) is 5.84. The highest BCUT2D eigenvalue weighted by Crippen LogP contribution is 2.22. The van der Waals surface area contributed by atoms with E-state index in [1.165, 1.54) is 19.3 Å². The maximum atomic E-state index is 5.81. The van der Waals surface area contributed by atoms with Crippen molar-refractivity contribution in [1.29, 1.82) is 0 Å². The lowest BCUT2D eigenvalue weighted by Gasteiger charge is -2.35. The van der Waals surface area contributed by atoms with Gasteiger partial charge in [0.2, 0.25) is 5.95 Å². The molecule has 1 atom stereocenters. The average Bonchev–Trinajstić information content (AvgIpc) is 2.76. The van der Waals surface area contributed by atoms with Crippen molar-refractivity contribution in [2.75, 3.05) is 18.0 Å². The SMILES string of the molecule is CCn1ccnc1N1CCCCC1CN. The summed E-state index contributed by atoms with van der Waals surface area (Å²) < 4.78 is 2.19. The number of imidazole rings is 1. The second kappa shape index (κ2) is 4.66. The Morgan fingerprint density at radius 3 is 3.13 bits per heavy atom. The highest BCUT2D eigenvalue weighted by Gasteiger charge is 2.23. The first kappa shape index (κ1) is 10.5. The Balaban J connectivity index is 2.20. The van der Waals surface area contributed by atoms with Gasteiger partial charge in [0, 0.05) is 38.1 Å². The monoisotopic (exact) mass is 208 g/mol. The van der Waals surface area contributed by atoms with Crippen LogP contribution in [0.1, 0.15) is 26.2 Å². The average molecular weight is 208 g/mol. The molecule has 0 aromatic carbocycles. The number of hydrogen-bond acceptors (Lipinski definition) is 3. The third-order valence-corrected chi connectivity index (χ3v) is 3.19. The second-order valence-corrected chi connectivity index (χ2v) is 4.09. The lowest BCUT2D eigenvalue weighted by Crippen LogP contribution is -2.45. The number of piperidine rings is 1. The summed E-state index contributed by atoms with van der Waals surface area (Å²) in [7, 11) is 0. The molecule has 0 amide bonds. The molecule has 15 heavy (non-hydrogen) atoms. The van der Waals surface area contributed by atoms with Crippen LogP contribution in [0.15, 0.2) is 12.4 Å². The molecule has 1 aromatic rings. The van der Waals surface area contributed by atoms with Gasteiger partial charge in [-0.05, 0) is 26.2 Å². The predicted octanol–water partition coefficient (Wildman–Crippen LogP) is 1.22. The van der Waals surface area contributed by atoms with Gasteiger partial charge in [0.1, 0.15) is 0 Å². The summed E-state index contributed by atoms with van der Waals surface area (Å²) in [5.41, 5.74) is 5.81. The molecule has 2 N–H and O–H groups in total. The van der Waals surface area contributed by atoms with Crippen LogP contribution in [0.25, 0.3) is 0 Å². The molecule has 0 saturated carbocycles. The molecule has 2 heterocycles. The fourth-order valence-corrected chi connectivity index (χ4v) is 2.32. The van der Waals surface area contributed by atoms with E-state index < -0.39 is 0 Å². The van der Waals surface area contributed by atoms with E-state index in [0.29, 0.717) is 6.04 Å². The van der Waals surface area contributed by atoms with Gasteiger partial charge >= 0.3 is 0 Å². The third-order valence-electron chi connectivity index (χ3n) is 3.19. The zero-order valence-electron chi connectivity index (χ0n) is 9.39. The molecule has 1 fully saturated rings. The van der Waals surface area contributed by atoms with Crippen LogP contribution in [0.5, 0.6) is 0 Å². The molecular weight excluding hydrogens is 188 g/mol. The molecule has 1 aliphatic rings. The van der Waals surface area contributed by atoms with Crippen molar-refractivity contribution in [2.24, 2.45) is 5.73 Å². The molecule has 4 nitrogen and oxygen atoms in total. The highest BCUT2D eigenvalue weighted by atomic mass is 15.3. The highest BCUT2D eigenvalue weighted by molar-refractivity contribution is 5.34. The molecule has 0 spiro atoms. The van der Waals surface area contributed by atoms with E-state index in [0.717, 1.165) is 25.6 Å². The number of nitrogens with two attached hydrogens (primary N) is 1. The molecule has 1 unspecified atom stereocenters. The quantitative estimate of drug-likeness (QED) is 0.812. The Morgan fingerprint density at radius 2 is 2.40 bits per heavy atom. The number of aryl methyl sites for hydroxylation is 1. The smallest absolute Gasteiger partial charge is 0.205 e. The van der Waals surface area contributed by atoms with Crippen molar-refractivity contribution >= 4 is 5.95 Å². The summed E-state index contributed by atoms with van der Waals surface area (Å²) in [6, 6.07) is 0.478. The summed E-state index contributed by atoms with van der Waals surface area (Å²) in [6.07, 6.45) is 7.67. The number of anilines is 1. The topological polar surface area (TPSA) is 47.1 Å². The van der Waals surface area contributed by atoms with Crippen LogP contribution in [-0.2, 0) is 6.54 Å². The zero-order valence-corrected chi connectivity index (χ0v) is 9.39. The molecular formula is C11H20N4. The van der Waals surface area contributed by atoms with Gasteiger partial charge < -0.3 is 15.2 Å². The van der Waals surface area contributed by atoms with Crippen LogP contribution < -0.4 is 10.6 Å². The molecule has 0 radical (unpaired) electrons. The van der Waals surface area contributed by atoms with E-state index in [1.807, 2.05) is 12.4 Å². The maximum absolute atomic E-state index is 5.81. The van der Waals surface area contributed by atoms with Crippen molar-refractivity contribution < 1.29 is 0 Å². The minimum absolute atomic E-state index is 0.478. The second-order valence-electron chi connectivity index (χ2n) is 4.09. The number of hydrogen-bond donors (Lipinski definition) is 1. The molecule has 2 rings (SSSR count). The molecule has 0 bridgehead atoms. The minimum Gasteiger partial charge on any atom is -0.338 e. The Labute approximate surface area is 91.1 Å². The van der Waals surface area contributed by atoms with Crippen LogP contribution in [0.2, 0.25) is 0 Å². The van der Waals surface area contributed by atoms with E-state index in [9.17, 15) is 0 Å². The van der Waals surface area contributed by atoms with Gasteiger partial charge in [-0.25, -0.2) is 4.98 Å². The minimum atomic E-state index is 0.478. The van der Waals surface area contributed by atoms with Gasteiger partial charge in [-0.2, -0.15) is 0 Å². The van der Waals surface area contributed by atoms with Gasteiger partial charge in [0.05, 0.1) is 0 Å². The van der Waals surface area contributed by atoms with Crippen molar-refractivity contribution in [3.63, 3.8) is 0 Å². The summed E-state index contributed by atoms with van der Waals surface area (Å²) >= 11 is 0.